The molecule has 128 valence electrons. The minimum atomic E-state index is -4.67. The zero-order valence-electron chi connectivity index (χ0n) is 9.84. The molecule has 0 bridgehead atoms. The van der Waals surface area contributed by atoms with Crippen molar-refractivity contribution >= 4 is 0 Å². The van der Waals surface area contributed by atoms with Crippen molar-refractivity contribution in [2.75, 3.05) is 6.61 Å². The van der Waals surface area contributed by atoms with Crippen LogP contribution in [-0.2, 0) is 19.6 Å². The summed E-state index contributed by atoms with van der Waals surface area (Å²) in [6, 6.07) is 0. The fraction of sp³-hybridized carbons (Fsp3) is 1.00. The van der Waals surface area contributed by atoms with Crippen LogP contribution in [0.5, 0.6) is 0 Å². The van der Waals surface area contributed by atoms with E-state index in [1.165, 1.54) is 0 Å². The highest BCUT2D eigenvalue weighted by Gasteiger charge is 2.79. The molecule has 15 heteroatoms. The summed E-state index contributed by atoms with van der Waals surface area (Å²) in [5, 5.41) is 98.3. The van der Waals surface area contributed by atoms with Gasteiger partial charge in [-0.3, -0.25) is 0 Å². The van der Waals surface area contributed by atoms with Gasteiger partial charge in [-0.1, -0.05) is 0 Å². The predicted molar refractivity (Wildman–Crippen MR) is 50.0 cm³/mol. The smallest absolute Gasteiger partial charge is 0.371 e. The first-order valence-corrected chi connectivity index (χ1v) is 4.69. The molecule has 15 nitrogen and oxygen atoms in total. The van der Waals surface area contributed by atoms with Gasteiger partial charge in [0.05, 0.1) is 6.61 Å². The molecule has 0 rings (SSSR count). The van der Waals surface area contributed by atoms with Gasteiger partial charge in [0.25, 0.3) is 5.79 Å². The molecule has 0 aromatic heterocycles. The first kappa shape index (κ1) is 20.4. The topological polar surface area (TPSA) is 259 Å². The van der Waals surface area contributed by atoms with Gasteiger partial charge in [-0.05, 0) is 0 Å². The Hall–Kier alpha value is -0.600. The van der Waals surface area contributed by atoms with Crippen LogP contribution in [0.3, 0.4) is 0 Å². The van der Waals surface area contributed by atoms with Gasteiger partial charge in [-0.25, -0.2) is 21.0 Å². The molecule has 0 heterocycles. The van der Waals surface area contributed by atoms with Crippen LogP contribution in [0, 0.1) is 0 Å². The summed E-state index contributed by atoms with van der Waals surface area (Å²) in [6.45, 7) is -1.56. The Labute approximate surface area is 113 Å². The predicted octanol–water partition coefficient (Wildman–Crippen LogP) is -5.00. The van der Waals surface area contributed by atoms with Crippen LogP contribution in [0.2, 0.25) is 0 Å². The van der Waals surface area contributed by atoms with E-state index in [0.717, 1.165) is 0 Å². The molecule has 0 spiro atoms. The number of aliphatic hydroxyl groups excluding tert-OH is 2. The van der Waals surface area contributed by atoms with Gasteiger partial charge in [-0.2, -0.15) is 19.6 Å². The van der Waals surface area contributed by atoms with Crippen molar-refractivity contribution in [2.45, 2.75) is 29.4 Å². The molecule has 21 heavy (non-hydrogen) atoms. The van der Waals surface area contributed by atoms with E-state index in [1.54, 1.807) is 0 Å². The quantitative estimate of drug-likeness (QED) is 0.108. The highest BCUT2D eigenvalue weighted by Crippen LogP contribution is 2.42. The summed E-state index contributed by atoms with van der Waals surface area (Å²) in [6.07, 6.45) is -2.84. The van der Waals surface area contributed by atoms with Crippen LogP contribution in [0.4, 0.5) is 0 Å². The second-order valence-electron chi connectivity index (χ2n) is 3.66. The fourth-order valence-electron chi connectivity index (χ4n) is 1.25. The Balaban J connectivity index is 6.25. The lowest BCUT2D eigenvalue weighted by molar-refractivity contribution is -0.667. The van der Waals surface area contributed by atoms with Crippen LogP contribution in [0.15, 0.2) is 0 Å². The number of hydrogen-bond donors (Lipinski definition) is 11. The third-order valence-electron chi connectivity index (χ3n) is 2.54. The van der Waals surface area contributed by atoms with E-state index >= 15 is 0 Å². The maximum Gasteiger partial charge on any atom is 0.371 e. The minimum Gasteiger partial charge on any atom is -0.393 e. The lowest BCUT2D eigenvalue weighted by atomic mass is 9.90. The van der Waals surface area contributed by atoms with E-state index in [1.807, 2.05) is 0 Å². The lowest BCUT2D eigenvalue weighted by Gasteiger charge is -2.48. The van der Waals surface area contributed by atoms with E-state index < -0.39 is 36.0 Å². The molecule has 0 saturated heterocycles. The first-order valence-electron chi connectivity index (χ1n) is 4.69. The monoisotopic (exact) mass is 326 g/mol. The van der Waals surface area contributed by atoms with Crippen molar-refractivity contribution in [1.82, 2.24) is 0 Å². The molecule has 0 aromatic carbocycles. The molecule has 0 aliphatic heterocycles. The molecule has 0 aromatic rings. The standard InChI is InChI=1S/C6H14O15/c7-1-2(8)3(9,18-14)4(10,19-15)5(11,20-16)6(12,13)21-17/h2,7-17H,1H2. The van der Waals surface area contributed by atoms with Gasteiger partial charge >= 0.3 is 17.5 Å². The van der Waals surface area contributed by atoms with Crippen LogP contribution in [-0.4, -0.2) is 92.8 Å². The van der Waals surface area contributed by atoms with E-state index in [-0.39, 0.29) is 0 Å². The molecule has 0 saturated carbocycles. The molecule has 0 fully saturated rings. The normalized spacial score (nSPS) is 23.0. The van der Waals surface area contributed by atoms with E-state index in [2.05, 4.69) is 19.6 Å². The zero-order chi connectivity index (χ0) is 17.1. The summed E-state index contributed by atoms with van der Waals surface area (Å²) in [5.41, 5.74) is 0. The molecular formula is C6H14O15. The summed E-state index contributed by atoms with van der Waals surface area (Å²) < 4.78 is 0. The Morgan fingerprint density at radius 1 is 0.714 bits per heavy atom. The minimum absolute atomic E-state index is 1.56. The summed E-state index contributed by atoms with van der Waals surface area (Å²) in [5.74, 6) is -18.1. The third-order valence-corrected chi connectivity index (χ3v) is 2.54. The van der Waals surface area contributed by atoms with E-state index in [0.29, 0.717) is 0 Å². The second kappa shape index (κ2) is 6.66. The number of rotatable bonds is 9. The number of hydrogen-bond acceptors (Lipinski definition) is 15. The SMILES string of the molecule is OCC(O)C(O)(OO)C(O)(OO)C(O)(OO)C(O)(O)OO. The largest absolute Gasteiger partial charge is 0.393 e. The highest BCUT2D eigenvalue weighted by atomic mass is 17.2. The molecule has 0 aliphatic carbocycles. The molecule has 11 N–H and O–H groups in total. The van der Waals surface area contributed by atoms with Crippen LogP contribution < -0.4 is 0 Å². The third kappa shape index (κ3) is 2.73. The van der Waals surface area contributed by atoms with E-state index in [9.17, 15) is 20.4 Å². The maximum atomic E-state index is 9.70. The van der Waals surface area contributed by atoms with Gasteiger partial charge in [0, 0.05) is 0 Å². The second-order valence-corrected chi connectivity index (χ2v) is 3.66. The Kier molecular flexibility index (Phi) is 6.47. The van der Waals surface area contributed by atoms with Crippen molar-refractivity contribution in [3.05, 3.63) is 0 Å². The first-order chi connectivity index (χ1) is 9.47. The highest BCUT2D eigenvalue weighted by molar-refractivity contribution is 5.02. The molecule has 0 radical (unpaired) electrons. The van der Waals surface area contributed by atoms with Gasteiger partial charge < -0.3 is 35.7 Å². The van der Waals surface area contributed by atoms with Crippen LogP contribution in [0.1, 0.15) is 0 Å². The molecule has 0 amide bonds. The van der Waals surface area contributed by atoms with Crippen molar-refractivity contribution in [2.24, 2.45) is 0 Å². The maximum absolute atomic E-state index is 9.70. The number of aliphatic hydroxyl groups is 7. The zero-order valence-corrected chi connectivity index (χ0v) is 9.84. The summed E-state index contributed by atoms with van der Waals surface area (Å²) in [4.78, 5) is 12.0. The van der Waals surface area contributed by atoms with Crippen LogP contribution in [0.25, 0.3) is 0 Å². The average molecular weight is 326 g/mol. The molecule has 0 aliphatic rings. The fourth-order valence-corrected chi connectivity index (χ4v) is 1.25. The Morgan fingerprint density at radius 3 is 1.38 bits per heavy atom. The van der Waals surface area contributed by atoms with Crippen molar-refractivity contribution in [3.63, 3.8) is 0 Å². The lowest BCUT2D eigenvalue weighted by Crippen LogP contribution is -2.81. The van der Waals surface area contributed by atoms with Crippen molar-refractivity contribution in [3.8, 4) is 0 Å². The Morgan fingerprint density at radius 2 is 1.14 bits per heavy atom. The molecule has 4 unspecified atom stereocenters. The van der Waals surface area contributed by atoms with E-state index in [4.69, 9.17) is 36.3 Å². The van der Waals surface area contributed by atoms with Gasteiger partial charge in [0.2, 0.25) is 0 Å². The Bertz CT molecular complexity index is 334. The summed E-state index contributed by atoms with van der Waals surface area (Å²) in [7, 11) is 0. The molecular weight excluding hydrogens is 312 g/mol. The average Bonchev–Trinajstić information content (AvgIpc) is 2.50. The van der Waals surface area contributed by atoms with Gasteiger partial charge in [0.1, 0.15) is 6.10 Å². The van der Waals surface area contributed by atoms with Crippen LogP contribution >= 0.6 is 0 Å². The van der Waals surface area contributed by atoms with Crippen molar-refractivity contribution < 1.29 is 76.3 Å². The van der Waals surface area contributed by atoms with Gasteiger partial charge in [0.15, 0.2) is 0 Å². The van der Waals surface area contributed by atoms with Gasteiger partial charge in [-0.15, -0.1) is 0 Å². The summed E-state index contributed by atoms with van der Waals surface area (Å²) >= 11 is 0. The molecule has 4 atom stereocenters. The van der Waals surface area contributed by atoms with Crippen molar-refractivity contribution in [1.29, 1.82) is 0 Å².